The van der Waals surface area contributed by atoms with Crippen molar-refractivity contribution in [1.82, 2.24) is 24.3 Å². The van der Waals surface area contributed by atoms with Gasteiger partial charge in [-0.1, -0.05) is 11.6 Å². The number of pyridine rings is 1. The first kappa shape index (κ1) is 14.4. The van der Waals surface area contributed by atoms with Crippen LogP contribution in [0, 0.1) is 0 Å². The summed E-state index contributed by atoms with van der Waals surface area (Å²) in [5.74, 6) is 1.46. The Balaban J connectivity index is 1.92. The standard InChI is InChI=1S/C14H15Cl2N5/c1-20-6-3-11(19-20)4-7-21-13(2-5-15)18-12-8-10(16)9-17-14(12)21/h3,6,8-9H,2,4-5,7H2,1H3. The molecule has 0 radical (unpaired) electrons. The molecule has 0 saturated heterocycles. The van der Waals surface area contributed by atoms with Crippen molar-refractivity contribution < 1.29 is 0 Å². The first-order chi connectivity index (χ1) is 10.2. The molecule has 0 saturated carbocycles. The van der Waals surface area contributed by atoms with E-state index in [9.17, 15) is 0 Å². The van der Waals surface area contributed by atoms with E-state index in [1.807, 2.05) is 25.4 Å². The maximum absolute atomic E-state index is 5.98. The Labute approximate surface area is 132 Å². The number of aromatic nitrogens is 5. The van der Waals surface area contributed by atoms with Crippen molar-refractivity contribution in [2.45, 2.75) is 19.4 Å². The Morgan fingerprint density at radius 2 is 2.14 bits per heavy atom. The van der Waals surface area contributed by atoms with E-state index in [2.05, 4.69) is 19.6 Å². The number of aryl methyl sites for hydroxylation is 4. The van der Waals surface area contributed by atoms with Gasteiger partial charge in [0.2, 0.25) is 0 Å². The maximum Gasteiger partial charge on any atom is 0.160 e. The van der Waals surface area contributed by atoms with Gasteiger partial charge in [0.25, 0.3) is 0 Å². The van der Waals surface area contributed by atoms with Gasteiger partial charge in [-0.2, -0.15) is 5.10 Å². The minimum Gasteiger partial charge on any atom is -0.312 e. The molecule has 0 atom stereocenters. The third-order valence-corrected chi connectivity index (χ3v) is 3.70. The average molecular weight is 324 g/mol. The summed E-state index contributed by atoms with van der Waals surface area (Å²) in [5.41, 5.74) is 2.70. The lowest BCUT2D eigenvalue weighted by atomic mass is 10.3. The van der Waals surface area contributed by atoms with E-state index in [1.54, 1.807) is 10.9 Å². The first-order valence-corrected chi connectivity index (χ1v) is 7.64. The Morgan fingerprint density at radius 1 is 1.29 bits per heavy atom. The fourth-order valence-corrected chi connectivity index (χ4v) is 2.69. The van der Waals surface area contributed by atoms with Crippen LogP contribution in [0.2, 0.25) is 5.02 Å². The van der Waals surface area contributed by atoms with Gasteiger partial charge in [0, 0.05) is 44.7 Å². The molecule has 3 rings (SSSR count). The molecule has 7 heteroatoms. The topological polar surface area (TPSA) is 48.5 Å². The SMILES string of the molecule is Cn1ccc(CCn2c(CCCl)nc3cc(Cl)cnc32)n1. The van der Waals surface area contributed by atoms with Gasteiger partial charge >= 0.3 is 0 Å². The van der Waals surface area contributed by atoms with Gasteiger partial charge in [0.05, 0.1) is 10.7 Å². The molecule has 0 aromatic carbocycles. The van der Waals surface area contributed by atoms with Crippen LogP contribution in [0.4, 0.5) is 0 Å². The molecule has 0 N–H and O–H groups in total. The van der Waals surface area contributed by atoms with Gasteiger partial charge in [0.15, 0.2) is 5.65 Å². The molecular formula is C14H15Cl2N5. The van der Waals surface area contributed by atoms with Gasteiger partial charge in [-0.05, 0) is 12.1 Å². The number of imidazole rings is 1. The van der Waals surface area contributed by atoms with Gasteiger partial charge in [-0.3, -0.25) is 4.68 Å². The summed E-state index contributed by atoms with van der Waals surface area (Å²) < 4.78 is 3.90. The lowest BCUT2D eigenvalue weighted by molar-refractivity contribution is 0.647. The number of halogens is 2. The second kappa shape index (κ2) is 6.03. The van der Waals surface area contributed by atoms with E-state index < -0.39 is 0 Å². The number of rotatable bonds is 5. The van der Waals surface area contributed by atoms with Gasteiger partial charge < -0.3 is 4.57 Å². The third kappa shape index (κ3) is 3.04. The average Bonchev–Trinajstić information content (AvgIpc) is 3.00. The Kier molecular flexibility index (Phi) is 4.12. The number of hydrogen-bond acceptors (Lipinski definition) is 3. The third-order valence-electron chi connectivity index (χ3n) is 3.31. The second-order valence-electron chi connectivity index (χ2n) is 4.85. The van der Waals surface area contributed by atoms with E-state index in [0.29, 0.717) is 17.3 Å². The normalized spacial score (nSPS) is 11.4. The predicted octanol–water partition coefficient (Wildman–Crippen LogP) is 2.84. The summed E-state index contributed by atoms with van der Waals surface area (Å²) in [4.78, 5) is 8.99. The minimum absolute atomic E-state index is 0.528. The van der Waals surface area contributed by atoms with E-state index in [1.165, 1.54) is 0 Å². The lowest BCUT2D eigenvalue weighted by Crippen LogP contribution is -2.08. The summed E-state index contributed by atoms with van der Waals surface area (Å²) in [6, 6.07) is 3.85. The maximum atomic E-state index is 5.98. The van der Waals surface area contributed by atoms with Crippen LogP contribution >= 0.6 is 23.2 Å². The number of fused-ring (bicyclic) bond motifs is 1. The summed E-state index contributed by atoms with van der Waals surface area (Å²) in [7, 11) is 1.92. The van der Waals surface area contributed by atoms with Gasteiger partial charge in [-0.25, -0.2) is 9.97 Å². The molecular weight excluding hydrogens is 309 g/mol. The molecule has 0 amide bonds. The Bertz CT molecular complexity index is 762. The second-order valence-corrected chi connectivity index (χ2v) is 5.66. The van der Waals surface area contributed by atoms with Crippen LogP contribution in [0.15, 0.2) is 24.5 Å². The van der Waals surface area contributed by atoms with Crippen LogP contribution in [-0.2, 0) is 26.4 Å². The van der Waals surface area contributed by atoms with E-state index >= 15 is 0 Å². The summed E-state index contributed by atoms with van der Waals surface area (Å²) in [5, 5.41) is 4.99. The monoisotopic (exact) mass is 323 g/mol. The molecule has 3 heterocycles. The highest BCUT2D eigenvalue weighted by Crippen LogP contribution is 2.19. The fourth-order valence-electron chi connectivity index (χ4n) is 2.37. The van der Waals surface area contributed by atoms with Crippen molar-refractivity contribution in [2.24, 2.45) is 7.05 Å². The molecule has 0 aliphatic carbocycles. The van der Waals surface area contributed by atoms with Crippen LogP contribution in [0.3, 0.4) is 0 Å². The van der Waals surface area contributed by atoms with Crippen molar-refractivity contribution in [1.29, 1.82) is 0 Å². The number of nitrogens with zero attached hydrogens (tertiary/aromatic N) is 5. The molecule has 3 aromatic rings. The van der Waals surface area contributed by atoms with Gasteiger partial charge in [-0.15, -0.1) is 11.6 Å². The van der Waals surface area contributed by atoms with Crippen molar-refractivity contribution in [3.63, 3.8) is 0 Å². The smallest absolute Gasteiger partial charge is 0.160 e. The molecule has 0 fully saturated rings. The van der Waals surface area contributed by atoms with E-state index in [0.717, 1.165) is 35.6 Å². The zero-order chi connectivity index (χ0) is 14.8. The fraction of sp³-hybridized carbons (Fsp3) is 0.357. The highest BCUT2D eigenvalue weighted by molar-refractivity contribution is 6.31. The largest absolute Gasteiger partial charge is 0.312 e. The molecule has 0 unspecified atom stereocenters. The van der Waals surface area contributed by atoms with Crippen molar-refractivity contribution in [3.8, 4) is 0 Å². The number of alkyl halides is 1. The lowest BCUT2D eigenvalue weighted by Gasteiger charge is -2.06. The molecule has 0 aliphatic rings. The van der Waals surface area contributed by atoms with E-state index in [4.69, 9.17) is 23.2 Å². The molecule has 0 bridgehead atoms. The highest BCUT2D eigenvalue weighted by Gasteiger charge is 2.12. The van der Waals surface area contributed by atoms with Gasteiger partial charge in [0.1, 0.15) is 11.3 Å². The predicted molar refractivity (Wildman–Crippen MR) is 83.9 cm³/mol. The zero-order valence-corrected chi connectivity index (χ0v) is 13.1. The Morgan fingerprint density at radius 3 is 2.86 bits per heavy atom. The molecule has 21 heavy (non-hydrogen) atoms. The van der Waals surface area contributed by atoms with Crippen molar-refractivity contribution in [3.05, 3.63) is 41.1 Å². The number of hydrogen-bond donors (Lipinski definition) is 0. The van der Waals surface area contributed by atoms with Crippen LogP contribution in [0.1, 0.15) is 11.5 Å². The molecule has 0 spiro atoms. The van der Waals surface area contributed by atoms with Crippen LogP contribution in [0.25, 0.3) is 11.2 Å². The van der Waals surface area contributed by atoms with Crippen molar-refractivity contribution in [2.75, 3.05) is 5.88 Å². The quantitative estimate of drug-likeness (QED) is 0.678. The molecule has 0 aliphatic heterocycles. The zero-order valence-electron chi connectivity index (χ0n) is 11.6. The summed E-state index contributed by atoms with van der Waals surface area (Å²) in [6.45, 7) is 0.772. The van der Waals surface area contributed by atoms with Crippen LogP contribution < -0.4 is 0 Å². The summed E-state index contributed by atoms with van der Waals surface area (Å²) in [6.07, 6.45) is 5.12. The highest BCUT2D eigenvalue weighted by atomic mass is 35.5. The molecule has 3 aromatic heterocycles. The molecule has 110 valence electrons. The minimum atomic E-state index is 0.528. The summed E-state index contributed by atoms with van der Waals surface area (Å²) >= 11 is 11.9. The van der Waals surface area contributed by atoms with E-state index in [-0.39, 0.29) is 0 Å². The van der Waals surface area contributed by atoms with Crippen LogP contribution in [-0.4, -0.2) is 30.2 Å². The first-order valence-electron chi connectivity index (χ1n) is 6.72. The Hall–Kier alpha value is -1.59. The van der Waals surface area contributed by atoms with Crippen molar-refractivity contribution >= 4 is 34.4 Å². The molecule has 5 nitrogen and oxygen atoms in total. The van der Waals surface area contributed by atoms with Crippen LogP contribution in [0.5, 0.6) is 0 Å².